The number of thiazole rings is 1. The zero-order valence-electron chi connectivity index (χ0n) is 39.2. The maximum Gasteiger partial charge on any atom is 0.308 e. The lowest BCUT2D eigenvalue weighted by molar-refractivity contribution is -0.144. The summed E-state index contributed by atoms with van der Waals surface area (Å²) in [6.45, 7) is 15.7. The number of carbonyl (C=O) groups is 4. The van der Waals surface area contributed by atoms with E-state index in [-0.39, 0.29) is 50.2 Å². The van der Waals surface area contributed by atoms with Crippen molar-refractivity contribution < 1.29 is 29.0 Å². The molecule has 0 bridgehead atoms. The Morgan fingerprint density at radius 3 is 2.31 bits per heavy atom. The minimum absolute atomic E-state index is 0.0148. The van der Waals surface area contributed by atoms with Crippen LogP contribution in [0.4, 0.5) is 0 Å². The Hall–Kier alpha value is -6.37. The number of aromatic nitrogens is 6. The molecule has 2 aliphatic rings. The number of esters is 1. The minimum atomic E-state index is -0.957. The number of aryl methyl sites for hydroxylation is 4. The average molecular weight is 945 g/mol. The van der Waals surface area contributed by atoms with Crippen LogP contribution in [0.5, 0.6) is 0 Å². The van der Waals surface area contributed by atoms with Gasteiger partial charge < -0.3 is 25.4 Å². The normalized spacial score (nSPS) is 17.8. The molecule has 1 saturated heterocycles. The number of amides is 3. The Morgan fingerprint density at radius 1 is 0.940 bits per heavy atom. The number of likely N-dealkylation sites (tertiary alicyclic amines) is 1. The molecule has 2 aliphatic heterocycles. The Bertz CT molecular complexity index is 2850. The van der Waals surface area contributed by atoms with Gasteiger partial charge in [0.1, 0.15) is 29.0 Å². The molecular weight excluding hydrogens is 889 g/mol. The Kier molecular flexibility index (Phi) is 13.4. The molecule has 3 N–H and O–H groups in total. The maximum absolute atomic E-state index is 14.3. The third-order valence-corrected chi connectivity index (χ3v) is 14.8. The van der Waals surface area contributed by atoms with E-state index in [4.69, 9.17) is 9.73 Å². The molecule has 0 aliphatic carbocycles. The van der Waals surface area contributed by atoms with Crippen molar-refractivity contribution in [3.8, 4) is 26.6 Å². The van der Waals surface area contributed by atoms with Crippen molar-refractivity contribution >= 4 is 52.1 Å². The van der Waals surface area contributed by atoms with Gasteiger partial charge in [0.25, 0.3) is 0 Å². The third-order valence-electron chi connectivity index (χ3n) is 12.6. The summed E-state index contributed by atoms with van der Waals surface area (Å²) < 4.78 is 8.72. The summed E-state index contributed by atoms with van der Waals surface area (Å²) in [7, 11) is 1.36. The molecule has 67 heavy (non-hydrogen) atoms. The summed E-state index contributed by atoms with van der Waals surface area (Å²) in [5.74, 6) is -0.233. The fourth-order valence-electron chi connectivity index (χ4n) is 8.69. The van der Waals surface area contributed by atoms with Crippen LogP contribution < -0.4 is 10.6 Å². The zero-order valence-corrected chi connectivity index (χ0v) is 40.8. The van der Waals surface area contributed by atoms with E-state index in [1.54, 1.807) is 33.6 Å². The van der Waals surface area contributed by atoms with Crippen molar-refractivity contribution in [3.63, 3.8) is 0 Å². The number of rotatable bonds is 13. The fourth-order valence-corrected chi connectivity index (χ4v) is 10.7. The van der Waals surface area contributed by atoms with Crippen molar-refractivity contribution in [2.24, 2.45) is 10.4 Å². The first-order valence-corrected chi connectivity index (χ1v) is 24.0. The number of aliphatic hydroxyl groups is 1. The third kappa shape index (κ3) is 9.74. The number of thiophene rings is 1. The van der Waals surface area contributed by atoms with E-state index in [0.717, 1.165) is 65.1 Å². The van der Waals surface area contributed by atoms with Crippen molar-refractivity contribution in [3.05, 3.63) is 111 Å². The van der Waals surface area contributed by atoms with Gasteiger partial charge in [-0.05, 0) is 62.3 Å². The zero-order chi connectivity index (χ0) is 47.9. The Morgan fingerprint density at radius 2 is 1.64 bits per heavy atom. The van der Waals surface area contributed by atoms with Crippen molar-refractivity contribution in [1.82, 2.24) is 45.1 Å². The number of hydrogen-bond donors (Lipinski definition) is 3. The second-order valence-corrected chi connectivity index (χ2v) is 20.4. The van der Waals surface area contributed by atoms with Crippen LogP contribution in [-0.2, 0) is 30.5 Å². The number of fused-ring (bicyclic) bond motifs is 3. The molecule has 16 nitrogen and oxygen atoms in total. The highest BCUT2D eigenvalue weighted by atomic mass is 32.1. The highest BCUT2D eigenvalue weighted by Crippen LogP contribution is 2.40. The molecule has 6 heterocycles. The smallest absolute Gasteiger partial charge is 0.308 e. The van der Waals surface area contributed by atoms with E-state index in [1.165, 1.54) is 12.0 Å². The standard InChI is InChI=1S/C49H56N10O6S2/c1-26-29(4)67-48-41(26)42(53-37(21-40(62)65-9)45-56-55-30(5)59(45)48)33-14-12-32(13-15-33)35-22-51-57(23-35)19-18-39(61)54-44(49(6,7)8)47(64)58-24-36(60)20-38(58)46(63)52-27(2)31-10-16-34(17-11-31)43-28(3)50-25-66-43/h10-17,22-23,25,27,36-38,44,60H,18-21,24H2,1-9H3,(H,52,63)(H,54,61)/t27-,36+,37-,38-,44+/m0/s1. The largest absolute Gasteiger partial charge is 0.469 e. The lowest BCUT2D eigenvalue weighted by atomic mass is 9.85. The molecule has 5 atom stereocenters. The number of benzene rings is 2. The Labute approximate surface area is 397 Å². The van der Waals surface area contributed by atoms with Gasteiger partial charge >= 0.3 is 5.97 Å². The van der Waals surface area contributed by atoms with E-state index in [2.05, 4.69) is 44.8 Å². The molecule has 18 heteroatoms. The van der Waals surface area contributed by atoms with E-state index in [0.29, 0.717) is 11.6 Å². The molecule has 0 saturated carbocycles. The second-order valence-electron chi connectivity index (χ2n) is 18.4. The summed E-state index contributed by atoms with van der Waals surface area (Å²) in [4.78, 5) is 67.3. The number of ether oxygens (including phenoxy) is 1. The maximum atomic E-state index is 14.3. The Balaban J connectivity index is 0.915. The summed E-state index contributed by atoms with van der Waals surface area (Å²) in [6, 6.07) is 13.1. The first-order valence-electron chi connectivity index (χ1n) is 22.3. The summed E-state index contributed by atoms with van der Waals surface area (Å²) in [5, 5.41) is 31.0. The lowest BCUT2D eigenvalue weighted by Gasteiger charge is -2.35. The summed E-state index contributed by atoms with van der Waals surface area (Å²) in [6.07, 6.45) is 2.88. The first-order chi connectivity index (χ1) is 31.9. The predicted octanol–water partition coefficient (Wildman–Crippen LogP) is 6.76. The van der Waals surface area contributed by atoms with Gasteiger partial charge in [0.15, 0.2) is 5.82 Å². The van der Waals surface area contributed by atoms with Gasteiger partial charge in [-0.15, -0.1) is 32.9 Å². The van der Waals surface area contributed by atoms with E-state index >= 15 is 0 Å². The minimum Gasteiger partial charge on any atom is -0.469 e. The lowest BCUT2D eigenvalue weighted by Crippen LogP contribution is -2.57. The van der Waals surface area contributed by atoms with Gasteiger partial charge in [-0.3, -0.25) is 33.4 Å². The molecule has 6 aromatic rings. The monoisotopic (exact) mass is 944 g/mol. The first kappa shape index (κ1) is 47.1. The van der Waals surface area contributed by atoms with Gasteiger partial charge in [0.05, 0.1) is 53.7 Å². The number of methoxy groups -OCH3 is 1. The molecule has 0 unspecified atom stereocenters. The van der Waals surface area contributed by atoms with E-state index < -0.39 is 41.5 Å². The second kappa shape index (κ2) is 19.1. The molecule has 350 valence electrons. The quantitative estimate of drug-likeness (QED) is 0.104. The number of carbonyl (C=O) groups excluding carboxylic acids is 4. The van der Waals surface area contributed by atoms with Gasteiger partial charge in [0.2, 0.25) is 17.7 Å². The van der Waals surface area contributed by atoms with Crippen molar-refractivity contribution in [2.45, 2.75) is 111 Å². The van der Waals surface area contributed by atoms with Crippen LogP contribution in [-0.4, -0.2) is 101 Å². The molecule has 4 aromatic heterocycles. The highest BCUT2D eigenvalue weighted by molar-refractivity contribution is 7.15. The van der Waals surface area contributed by atoms with E-state index in [9.17, 15) is 24.3 Å². The molecule has 1 fully saturated rings. The van der Waals surface area contributed by atoms with Crippen LogP contribution >= 0.6 is 22.7 Å². The molecular formula is C49H56N10O6S2. The van der Waals surface area contributed by atoms with Crippen LogP contribution in [0.1, 0.15) is 104 Å². The van der Waals surface area contributed by atoms with Gasteiger partial charge in [-0.2, -0.15) is 5.10 Å². The highest BCUT2D eigenvalue weighted by Gasteiger charge is 2.45. The molecule has 8 rings (SSSR count). The van der Waals surface area contributed by atoms with E-state index in [1.807, 2.05) is 106 Å². The number of hydrogen-bond acceptors (Lipinski definition) is 13. The SMILES string of the molecule is COC(=O)C[C@@H]1N=C(c2ccc(-c3cnn(CCC(=O)N[C@H](C(=O)N4C[C@H](O)C[C@H]4C(=O)N[C@@H](C)c4ccc(-c5scnc5C)cc4)C(C)(C)C)c3)cc2)c2c(sc(C)c2C)-n2c(C)nnc21. The molecule has 0 spiro atoms. The predicted molar refractivity (Wildman–Crippen MR) is 257 cm³/mol. The van der Waals surface area contributed by atoms with Gasteiger partial charge in [-0.1, -0.05) is 69.3 Å². The van der Waals surface area contributed by atoms with Gasteiger partial charge in [-0.25, -0.2) is 4.98 Å². The number of nitrogens with zero attached hydrogens (tertiary/aromatic N) is 8. The molecule has 3 amide bonds. The summed E-state index contributed by atoms with van der Waals surface area (Å²) in [5.41, 5.74) is 9.48. The van der Waals surface area contributed by atoms with Crippen molar-refractivity contribution in [1.29, 1.82) is 0 Å². The number of aliphatic hydroxyl groups excluding tert-OH is 1. The molecule has 0 radical (unpaired) electrons. The summed E-state index contributed by atoms with van der Waals surface area (Å²) >= 11 is 3.22. The molecule has 2 aromatic carbocycles. The number of nitrogens with one attached hydrogen (secondary N) is 2. The fraction of sp³-hybridized carbons (Fsp3) is 0.408. The number of aliphatic imine (C=N–C) groups is 1. The van der Waals surface area contributed by atoms with Gasteiger partial charge in [0, 0.05) is 53.7 Å². The number of β-amino-alcohol motifs (C(OH)–C–C–N with tert-alkyl or cyclic N) is 1. The van der Waals surface area contributed by atoms with Crippen LogP contribution in [0.25, 0.3) is 26.6 Å². The van der Waals surface area contributed by atoms with Crippen LogP contribution in [0.3, 0.4) is 0 Å². The topological polar surface area (TPSA) is 199 Å². The van der Waals surface area contributed by atoms with Crippen LogP contribution in [0.2, 0.25) is 0 Å². The van der Waals surface area contributed by atoms with Crippen molar-refractivity contribution in [2.75, 3.05) is 13.7 Å². The average Bonchev–Trinajstić information content (AvgIpc) is 4.15. The van der Waals surface area contributed by atoms with Crippen LogP contribution in [0.15, 0.2) is 71.4 Å². The van der Waals surface area contributed by atoms with Crippen LogP contribution in [0, 0.1) is 33.1 Å².